The summed E-state index contributed by atoms with van der Waals surface area (Å²) in [5, 5.41) is 36.5. The Morgan fingerprint density at radius 3 is 2.27 bits per heavy atom. The van der Waals surface area contributed by atoms with Crippen molar-refractivity contribution < 1.29 is 15.0 Å². The number of rotatable bonds is 9. The molecule has 142 valence electrons. The van der Waals surface area contributed by atoms with Gasteiger partial charge in [-0.1, -0.05) is 18.2 Å². The number of carboxylic acids is 1. The third-order valence-electron chi connectivity index (χ3n) is 4.70. The number of hydrogen-bond donors (Lipinski definition) is 6. The lowest BCUT2D eigenvalue weighted by molar-refractivity contribution is -0.0666. The van der Waals surface area contributed by atoms with Crippen molar-refractivity contribution in [2.75, 3.05) is 33.0 Å². The number of carboxylic acid groups (broad SMARTS) is 1. The van der Waals surface area contributed by atoms with Gasteiger partial charge in [0.1, 0.15) is 11.5 Å². The van der Waals surface area contributed by atoms with Crippen molar-refractivity contribution in [3.05, 3.63) is 42.1 Å². The summed E-state index contributed by atoms with van der Waals surface area (Å²) in [7, 11) is 5.11. The fourth-order valence-corrected chi connectivity index (χ4v) is 2.65. The molecule has 2 aromatic rings. The first kappa shape index (κ1) is 19.9. The largest absolute Gasteiger partial charge is 0.476 e. The molecule has 6 N–H and O–H groups in total. The van der Waals surface area contributed by atoms with Crippen molar-refractivity contribution >= 4 is 11.8 Å². The van der Waals surface area contributed by atoms with E-state index in [-0.39, 0.29) is 12.2 Å². The molecule has 26 heavy (non-hydrogen) atoms. The minimum absolute atomic E-state index is 0.0826. The highest BCUT2D eigenvalue weighted by molar-refractivity contribution is 5.86. The van der Waals surface area contributed by atoms with Gasteiger partial charge in [-0.15, -0.1) is 0 Å². The molecule has 0 aliphatic carbocycles. The summed E-state index contributed by atoms with van der Waals surface area (Å²) in [4.78, 5) is 11.3. The molecule has 0 bridgehead atoms. The highest BCUT2D eigenvalue weighted by Crippen LogP contribution is 2.21. The third-order valence-corrected chi connectivity index (χ3v) is 4.70. The quantitative estimate of drug-likeness (QED) is 0.346. The van der Waals surface area contributed by atoms with Gasteiger partial charge in [-0.25, -0.2) is 9.48 Å². The van der Waals surface area contributed by atoms with Crippen LogP contribution in [0.2, 0.25) is 0 Å². The molecule has 2 rings (SSSR count). The lowest BCUT2D eigenvalue weighted by Gasteiger charge is -2.44. The van der Waals surface area contributed by atoms with Gasteiger partial charge in [0.05, 0.1) is 12.2 Å². The van der Waals surface area contributed by atoms with Gasteiger partial charge in [-0.05, 0) is 40.2 Å². The molecule has 0 amide bonds. The van der Waals surface area contributed by atoms with Crippen LogP contribution in [-0.2, 0) is 0 Å². The number of aromatic carboxylic acids is 1. The predicted molar refractivity (Wildman–Crippen MR) is 99.5 cm³/mol. The second-order valence-corrected chi connectivity index (χ2v) is 6.06. The molecule has 9 nitrogen and oxygen atoms in total. The van der Waals surface area contributed by atoms with Crippen LogP contribution in [0.3, 0.4) is 0 Å². The molecule has 0 saturated heterocycles. The molecule has 1 unspecified atom stereocenters. The highest BCUT2D eigenvalue weighted by Gasteiger charge is 2.44. The molecule has 0 spiro atoms. The van der Waals surface area contributed by atoms with E-state index >= 15 is 0 Å². The third kappa shape index (κ3) is 3.70. The molecular weight excluding hydrogens is 336 g/mol. The minimum Gasteiger partial charge on any atom is -0.476 e. The van der Waals surface area contributed by atoms with Crippen LogP contribution >= 0.6 is 0 Å². The SMILES string of the molecule is CNC(O)(CNc1cc(C(=O)O)nn1-c1ccccc1)C(C)(NC)NC. The second-order valence-electron chi connectivity index (χ2n) is 6.06. The van der Waals surface area contributed by atoms with Crippen molar-refractivity contribution in [1.82, 2.24) is 25.7 Å². The summed E-state index contributed by atoms with van der Waals surface area (Å²) in [5.41, 5.74) is -1.61. The number of aromatic nitrogens is 2. The average Bonchev–Trinajstić information content (AvgIpc) is 3.10. The van der Waals surface area contributed by atoms with Gasteiger partial charge in [0.25, 0.3) is 0 Å². The van der Waals surface area contributed by atoms with E-state index in [1.807, 2.05) is 37.3 Å². The number of nitrogens with one attached hydrogen (secondary N) is 4. The van der Waals surface area contributed by atoms with Gasteiger partial charge < -0.3 is 15.5 Å². The van der Waals surface area contributed by atoms with Crippen molar-refractivity contribution in [1.29, 1.82) is 0 Å². The molecule has 0 fully saturated rings. The zero-order valence-electron chi connectivity index (χ0n) is 15.4. The molecule has 0 aliphatic rings. The number of anilines is 1. The number of hydrogen-bond acceptors (Lipinski definition) is 7. The maximum atomic E-state index is 11.3. The molecule has 0 saturated carbocycles. The maximum Gasteiger partial charge on any atom is 0.356 e. The maximum absolute atomic E-state index is 11.3. The molecular formula is C17H26N6O3. The van der Waals surface area contributed by atoms with E-state index in [1.54, 1.807) is 21.1 Å². The standard InChI is InChI=1S/C17H26N6O3/c1-16(18-2,19-3)17(26,20-4)11-21-14-10-13(15(24)25)22-23(14)12-8-6-5-7-9-12/h5-10,18-21,26H,11H2,1-4H3,(H,24,25). The van der Waals surface area contributed by atoms with E-state index in [4.69, 9.17) is 0 Å². The first-order chi connectivity index (χ1) is 12.3. The van der Waals surface area contributed by atoms with E-state index < -0.39 is 17.4 Å². The van der Waals surface area contributed by atoms with Crippen LogP contribution in [0.1, 0.15) is 17.4 Å². The predicted octanol–water partition coefficient (Wildman–Crippen LogP) is 0.0454. The zero-order chi connectivity index (χ0) is 19.4. The van der Waals surface area contributed by atoms with Crippen molar-refractivity contribution in [3.8, 4) is 5.69 Å². The molecule has 1 heterocycles. The Labute approximate surface area is 152 Å². The molecule has 9 heteroatoms. The van der Waals surface area contributed by atoms with Crippen molar-refractivity contribution in [2.45, 2.75) is 18.3 Å². The Hall–Kier alpha value is -2.46. The highest BCUT2D eigenvalue weighted by atomic mass is 16.4. The Kier molecular flexibility index (Phi) is 5.98. The van der Waals surface area contributed by atoms with E-state index in [0.717, 1.165) is 0 Å². The van der Waals surface area contributed by atoms with Gasteiger partial charge >= 0.3 is 5.97 Å². The summed E-state index contributed by atoms with van der Waals surface area (Å²) in [6, 6.07) is 10.6. The Morgan fingerprint density at radius 2 is 1.77 bits per heavy atom. The monoisotopic (exact) mass is 362 g/mol. The lowest BCUT2D eigenvalue weighted by Crippen LogP contribution is -2.74. The van der Waals surface area contributed by atoms with E-state index in [9.17, 15) is 15.0 Å². The van der Waals surface area contributed by atoms with Crippen LogP contribution in [-0.4, -0.2) is 65.0 Å². The Morgan fingerprint density at radius 1 is 1.15 bits per heavy atom. The van der Waals surface area contributed by atoms with E-state index in [1.165, 1.54) is 10.7 Å². The Bertz CT molecular complexity index is 744. The number of carbonyl (C=O) groups is 1. The van der Waals surface area contributed by atoms with Crippen LogP contribution in [0.15, 0.2) is 36.4 Å². The first-order valence-corrected chi connectivity index (χ1v) is 8.22. The number of aliphatic hydroxyl groups is 1. The normalized spacial score (nSPS) is 14.0. The molecule has 0 radical (unpaired) electrons. The van der Waals surface area contributed by atoms with Crippen LogP contribution < -0.4 is 21.3 Å². The number of nitrogens with zero attached hydrogens (tertiary/aromatic N) is 2. The lowest BCUT2D eigenvalue weighted by atomic mass is 9.97. The minimum atomic E-state index is -1.38. The smallest absolute Gasteiger partial charge is 0.356 e. The van der Waals surface area contributed by atoms with Crippen LogP contribution in [0, 0.1) is 0 Å². The summed E-state index contributed by atoms with van der Waals surface area (Å²) in [6.45, 7) is 1.89. The fraction of sp³-hybridized carbons (Fsp3) is 0.412. The summed E-state index contributed by atoms with van der Waals surface area (Å²) in [5.74, 6) is -0.668. The van der Waals surface area contributed by atoms with Crippen LogP contribution in [0.5, 0.6) is 0 Å². The van der Waals surface area contributed by atoms with Crippen LogP contribution in [0.25, 0.3) is 5.69 Å². The fourth-order valence-electron chi connectivity index (χ4n) is 2.65. The second kappa shape index (κ2) is 7.83. The van der Waals surface area contributed by atoms with Gasteiger partial charge in [-0.3, -0.25) is 16.0 Å². The van der Waals surface area contributed by atoms with Gasteiger partial charge in [-0.2, -0.15) is 5.10 Å². The average molecular weight is 362 g/mol. The summed E-state index contributed by atoms with van der Waals surface area (Å²) >= 11 is 0. The molecule has 1 aromatic heterocycles. The van der Waals surface area contributed by atoms with Crippen molar-refractivity contribution in [3.63, 3.8) is 0 Å². The number of para-hydroxylation sites is 1. The van der Waals surface area contributed by atoms with Gasteiger partial charge in [0, 0.05) is 6.07 Å². The first-order valence-electron chi connectivity index (χ1n) is 8.22. The molecule has 1 aromatic carbocycles. The molecule has 0 aliphatic heterocycles. The van der Waals surface area contributed by atoms with Gasteiger partial charge in [0.2, 0.25) is 0 Å². The van der Waals surface area contributed by atoms with Crippen LogP contribution in [0.4, 0.5) is 5.82 Å². The Balaban J connectivity index is 2.35. The van der Waals surface area contributed by atoms with E-state index in [2.05, 4.69) is 26.4 Å². The van der Waals surface area contributed by atoms with E-state index in [0.29, 0.717) is 11.5 Å². The number of likely N-dealkylation sites (N-methyl/N-ethyl adjacent to an activating group) is 3. The summed E-state index contributed by atoms with van der Waals surface area (Å²) in [6.07, 6.45) is 0. The van der Waals surface area contributed by atoms with Gasteiger partial charge in [0.15, 0.2) is 11.4 Å². The summed E-state index contributed by atoms with van der Waals surface area (Å²) < 4.78 is 1.50. The zero-order valence-corrected chi connectivity index (χ0v) is 15.4. The van der Waals surface area contributed by atoms with Crippen molar-refractivity contribution in [2.24, 2.45) is 0 Å². The topological polar surface area (TPSA) is 123 Å². The molecule has 1 atom stereocenters. The number of benzene rings is 1.